The number of likely N-dealkylation sites (tertiary alicyclic amines) is 1. The number of ether oxygens (including phenoxy) is 7. The predicted molar refractivity (Wildman–Crippen MR) is 255 cm³/mol. The van der Waals surface area contributed by atoms with E-state index in [4.69, 9.17) is 33.2 Å². The molecule has 0 N–H and O–H groups in total. The lowest BCUT2D eigenvalue weighted by Crippen LogP contribution is -2.37. The fraction of sp³-hybridized carbons (Fsp3) is 0.846. The Labute approximate surface area is 389 Å². The van der Waals surface area contributed by atoms with Crippen molar-refractivity contribution in [3.05, 3.63) is 24.3 Å². The van der Waals surface area contributed by atoms with Crippen LogP contribution < -0.4 is 0 Å². The van der Waals surface area contributed by atoms with Crippen LogP contribution in [0.4, 0.5) is 4.79 Å². The van der Waals surface area contributed by atoms with Crippen LogP contribution in [-0.4, -0.2) is 101 Å². The molecule has 12 nitrogen and oxygen atoms in total. The molecular formula is C52H93NO11. The quantitative estimate of drug-likeness (QED) is 0.0190. The molecule has 0 spiro atoms. The summed E-state index contributed by atoms with van der Waals surface area (Å²) < 4.78 is 39.9. The van der Waals surface area contributed by atoms with Crippen LogP contribution >= 0.6 is 0 Å². The summed E-state index contributed by atoms with van der Waals surface area (Å²) in [5.74, 6) is -1.20. The van der Waals surface area contributed by atoms with Crippen molar-refractivity contribution in [2.75, 3.05) is 65.9 Å². The molecular weight excluding hydrogens is 815 g/mol. The minimum atomic E-state index is -0.787. The van der Waals surface area contributed by atoms with Gasteiger partial charge in [0.2, 0.25) is 0 Å². The SMILES string of the molecule is CCC=CCCCCOC(CCC(=O)OCC(COC(=O)CCCCCCOC(=O)C(CCCC)CCCCCC)COC(=O)OCC1CCCN(CC)C1)OCCCC/C=C\CC. The number of hydrogen-bond donors (Lipinski definition) is 0. The van der Waals surface area contributed by atoms with Crippen LogP contribution in [0.5, 0.6) is 0 Å². The number of piperidine rings is 1. The maximum absolute atomic E-state index is 13.0. The molecule has 0 radical (unpaired) electrons. The summed E-state index contributed by atoms with van der Waals surface area (Å²) in [6.45, 7) is 15.1. The molecule has 1 fully saturated rings. The molecule has 0 aromatic heterocycles. The van der Waals surface area contributed by atoms with E-state index in [1.54, 1.807) is 0 Å². The van der Waals surface area contributed by atoms with Crippen LogP contribution in [0.3, 0.4) is 0 Å². The maximum atomic E-state index is 13.0. The average Bonchev–Trinajstić information content (AvgIpc) is 3.30. The highest BCUT2D eigenvalue weighted by Gasteiger charge is 2.23. The summed E-state index contributed by atoms with van der Waals surface area (Å²) in [5, 5.41) is 0. The van der Waals surface area contributed by atoms with Gasteiger partial charge in [0.15, 0.2) is 6.29 Å². The van der Waals surface area contributed by atoms with E-state index in [9.17, 15) is 19.2 Å². The standard InChI is InChI=1S/C52H93NO11/c1-6-11-15-18-21-26-37-58-50(59-38-27-22-19-16-12-7-2)35-34-49(55)62-43-46(44-64-52(57)63-41-45-30-29-36-53(10-5)40-45)42-61-48(54)33-25-20-23-28-39-60-51(56)47(31-14-9-4)32-24-17-13-8-3/h11-12,15-16,45-47,50H,6-10,13-14,17-44H2,1-5H3/b15-11-,16-12?. The highest BCUT2D eigenvalue weighted by molar-refractivity contribution is 5.72. The van der Waals surface area contributed by atoms with E-state index >= 15 is 0 Å². The third-order valence-electron chi connectivity index (χ3n) is 11.6. The van der Waals surface area contributed by atoms with Gasteiger partial charge >= 0.3 is 24.1 Å². The second-order valence-corrected chi connectivity index (χ2v) is 17.5. The van der Waals surface area contributed by atoms with Gasteiger partial charge in [-0.25, -0.2) is 4.79 Å². The van der Waals surface area contributed by atoms with Crippen molar-refractivity contribution in [1.82, 2.24) is 4.90 Å². The summed E-state index contributed by atoms with van der Waals surface area (Å²) in [7, 11) is 0. The summed E-state index contributed by atoms with van der Waals surface area (Å²) in [5.41, 5.74) is 0. The third-order valence-corrected chi connectivity index (χ3v) is 11.6. The third kappa shape index (κ3) is 34.4. The number of allylic oxidation sites excluding steroid dienone is 4. The zero-order chi connectivity index (χ0) is 46.7. The lowest BCUT2D eigenvalue weighted by Gasteiger charge is -2.31. The van der Waals surface area contributed by atoms with Crippen molar-refractivity contribution in [3.8, 4) is 0 Å². The van der Waals surface area contributed by atoms with Gasteiger partial charge in [-0.2, -0.15) is 0 Å². The number of carbonyl (C=O) groups is 4. The average molecular weight is 908 g/mol. The van der Waals surface area contributed by atoms with Crippen molar-refractivity contribution >= 4 is 24.1 Å². The van der Waals surface area contributed by atoms with Gasteiger partial charge in [-0.3, -0.25) is 14.4 Å². The summed E-state index contributed by atoms with van der Waals surface area (Å²) in [6.07, 6.45) is 29.6. The van der Waals surface area contributed by atoms with Crippen molar-refractivity contribution in [3.63, 3.8) is 0 Å². The second kappa shape index (κ2) is 42.7. The Hall–Kier alpha value is -2.96. The lowest BCUT2D eigenvalue weighted by molar-refractivity contribution is -0.161. The molecule has 4 unspecified atom stereocenters. The zero-order valence-electron chi connectivity index (χ0n) is 41.3. The van der Waals surface area contributed by atoms with Gasteiger partial charge in [0.25, 0.3) is 0 Å². The first-order valence-corrected chi connectivity index (χ1v) is 25.8. The first-order chi connectivity index (χ1) is 31.3. The van der Waals surface area contributed by atoms with E-state index in [0.717, 1.165) is 142 Å². The number of carbonyl (C=O) groups excluding carboxylic acids is 4. The molecule has 1 aliphatic rings. The predicted octanol–water partition coefficient (Wildman–Crippen LogP) is 12.3. The van der Waals surface area contributed by atoms with Crippen molar-refractivity contribution in [1.29, 1.82) is 0 Å². The number of unbranched alkanes of at least 4 members (excludes halogenated alkanes) is 11. The van der Waals surface area contributed by atoms with Crippen molar-refractivity contribution in [2.45, 2.75) is 201 Å². The molecule has 64 heavy (non-hydrogen) atoms. The van der Waals surface area contributed by atoms with Crippen molar-refractivity contribution in [2.24, 2.45) is 17.8 Å². The normalized spacial score (nSPS) is 15.9. The second-order valence-electron chi connectivity index (χ2n) is 17.5. The molecule has 0 bridgehead atoms. The molecule has 0 amide bonds. The van der Waals surface area contributed by atoms with Gasteiger partial charge < -0.3 is 38.1 Å². The molecule has 0 aromatic carbocycles. The van der Waals surface area contributed by atoms with Gasteiger partial charge in [0, 0.05) is 38.5 Å². The fourth-order valence-electron chi connectivity index (χ4n) is 7.54. The molecule has 1 aliphatic heterocycles. The molecule has 4 atom stereocenters. The molecule has 1 rings (SSSR count). The van der Waals surface area contributed by atoms with E-state index in [0.29, 0.717) is 32.7 Å². The van der Waals surface area contributed by atoms with E-state index in [1.807, 2.05) is 0 Å². The summed E-state index contributed by atoms with van der Waals surface area (Å²) in [4.78, 5) is 53.5. The van der Waals surface area contributed by atoms with Gasteiger partial charge in [-0.1, -0.05) is 110 Å². The lowest BCUT2D eigenvalue weighted by atomic mass is 9.95. The molecule has 0 aromatic rings. The van der Waals surface area contributed by atoms with Crippen LogP contribution in [0.1, 0.15) is 195 Å². The monoisotopic (exact) mass is 908 g/mol. The molecule has 12 heteroatoms. The van der Waals surface area contributed by atoms with E-state index in [2.05, 4.69) is 63.8 Å². The molecule has 0 aliphatic carbocycles. The fourth-order valence-corrected chi connectivity index (χ4v) is 7.54. The highest BCUT2D eigenvalue weighted by atomic mass is 16.7. The van der Waals surface area contributed by atoms with Gasteiger partial charge in [0.1, 0.15) is 19.8 Å². The molecule has 372 valence electrons. The van der Waals surface area contributed by atoms with E-state index in [-0.39, 0.29) is 63.0 Å². The summed E-state index contributed by atoms with van der Waals surface area (Å²) >= 11 is 0. The number of esters is 3. The van der Waals surface area contributed by atoms with Crippen LogP contribution in [0, 0.1) is 17.8 Å². The first kappa shape index (κ1) is 59.1. The Balaban J connectivity index is 2.63. The van der Waals surface area contributed by atoms with E-state index in [1.165, 1.54) is 12.8 Å². The Kier molecular flexibility index (Phi) is 39.4. The molecule has 1 heterocycles. The highest BCUT2D eigenvalue weighted by Crippen LogP contribution is 2.20. The van der Waals surface area contributed by atoms with Gasteiger partial charge in [-0.05, 0) is 103 Å². The number of hydrogen-bond acceptors (Lipinski definition) is 12. The largest absolute Gasteiger partial charge is 0.508 e. The smallest absolute Gasteiger partial charge is 0.465 e. The van der Waals surface area contributed by atoms with Crippen molar-refractivity contribution < 1.29 is 52.3 Å². The summed E-state index contributed by atoms with van der Waals surface area (Å²) in [6, 6.07) is 0. The number of nitrogens with zero attached hydrogens (tertiary/aromatic N) is 1. The zero-order valence-corrected chi connectivity index (χ0v) is 41.3. The Morgan fingerprint density at radius 2 is 1.17 bits per heavy atom. The number of rotatable bonds is 42. The van der Waals surface area contributed by atoms with Crippen LogP contribution in [0.2, 0.25) is 0 Å². The van der Waals surface area contributed by atoms with Crippen LogP contribution in [-0.2, 0) is 47.5 Å². The van der Waals surface area contributed by atoms with E-state index < -0.39 is 24.3 Å². The molecule has 1 saturated heterocycles. The minimum Gasteiger partial charge on any atom is -0.465 e. The first-order valence-electron chi connectivity index (χ1n) is 25.8. The van der Waals surface area contributed by atoms with Gasteiger partial charge in [0.05, 0.1) is 31.5 Å². The van der Waals surface area contributed by atoms with Crippen LogP contribution in [0.15, 0.2) is 24.3 Å². The Bertz CT molecular complexity index is 1190. The minimum absolute atomic E-state index is 0.00845. The Morgan fingerprint density at radius 3 is 1.81 bits per heavy atom. The molecule has 0 saturated carbocycles. The van der Waals surface area contributed by atoms with Gasteiger partial charge in [-0.15, -0.1) is 0 Å². The topological polar surface area (TPSA) is 136 Å². The maximum Gasteiger partial charge on any atom is 0.508 e. The Morgan fingerprint density at radius 1 is 0.578 bits per heavy atom. The van der Waals surface area contributed by atoms with Crippen LogP contribution in [0.25, 0.3) is 0 Å².